The van der Waals surface area contributed by atoms with E-state index in [0.717, 1.165) is 31.4 Å². The number of aliphatic hydroxyl groups is 1. The molecule has 7 nitrogen and oxygen atoms in total. The molecule has 0 saturated carbocycles. The first kappa shape index (κ1) is 18.8. The number of hydrogen-bond donors (Lipinski definition) is 1. The molecule has 0 spiro atoms. The Balaban J connectivity index is 1.60. The summed E-state index contributed by atoms with van der Waals surface area (Å²) in [6, 6.07) is 9.35. The zero-order valence-corrected chi connectivity index (χ0v) is 15.4. The van der Waals surface area contributed by atoms with Gasteiger partial charge in [-0.25, -0.2) is 4.68 Å². The number of aromatic nitrogens is 4. The van der Waals surface area contributed by atoms with Gasteiger partial charge >= 0.3 is 0 Å². The largest absolute Gasteiger partial charge is 0.487 e. The van der Waals surface area contributed by atoms with Gasteiger partial charge < -0.3 is 9.84 Å². The van der Waals surface area contributed by atoms with Gasteiger partial charge in [-0.05, 0) is 37.0 Å². The fraction of sp³-hybridized carbons (Fsp3) is 0.350. The van der Waals surface area contributed by atoms with Crippen LogP contribution in [0.1, 0.15) is 30.5 Å². The minimum atomic E-state index is -0.157. The molecule has 27 heavy (non-hydrogen) atoms. The van der Waals surface area contributed by atoms with Gasteiger partial charge in [-0.2, -0.15) is 10.2 Å². The summed E-state index contributed by atoms with van der Waals surface area (Å²) in [6.07, 6.45) is 9.04. The van der Waals surface area contributed by atoms with E-state index in [0.29, 0.717) is 11.4 Å². The third-order valence-corrected chi connectivity index (χ3v) is 4.26. The zero-order chi connectivity index (χ0) is 19.1. The van der Waals surface area contributed by atoms with Crippen LogP contribution in [0.3, 0.4) is 0 Å². The SMILES string of the molecule is Cn1cc(-n2ccc(=O)c(COc3ccc(CCCCCO)cc3)n2)cn1. The summed E-state index contributed by atoms with van der Waals surface area (Å²) in [5.41, 5.74) is 2.20. The standard InChI is InChI=1S/C20H24N4O3/c1-23-14-17(13-21-23)24-11-10-20(26)19(22-24)15-27-18-8-6-16(7-9-18)5-3-2-4-12-25/h6-11,13-14,25H,2-5,12,15H2,1H3. The molecule has 7 heteroatoms. The quantitative estimate of drug-likeness (QED) is 0.586. The second-order valence-electron chi connectivity index (χ2n) is 6.41. The van der Waals surface area contributed by atoms with E-state index < -0.39 is 0 Å². The van der Waals surface area contributed by atoms with Crippen LogP contribution in [0.25, 0.3) is 5.69 Å². The summed E-state index contributed by atoms with van der Waals surface area (Å²) < 4.78 is 9.03. The second kappa shape index (κ2) is 9.14. The van der Waals surface area contributed by atoms with E-state index in [4.69, 9.17) is 9.84 Å². The lowest BCUT2D eigenvalue weighted by molar-refractivity contribution is 0.283. The molecule has 1 aromatic carbocycles. The van der Waals surface area contributed by atoms with E-state index in [1.165, 1.54) is 11.6 Å². The van der Waals surface area contributed by atoms with Crippen LogP contribution in [-0.2, 0) is 20.1 Å². The van der Waals surface area contributed by atoms with Crippen molar-refractivity contribution in [3.05, 3.63) is 70.4 Å². The molecule has 0 amide bonds. The van der Waals surface area contributed by atoms with E-state index in [9.17, 15) is 4.79 Å². The van der Waals surface area contributed by atoms with Crippen molar-refractivity contribution in [3.63, 3.8) is 0 Å². The molecule has 1 N–H and O–H groups in total. The summed E-state index contributed by atoms with van der Waals surface area (Å²) in [4.78, 5) is 12.1. The van der Waals surface area contributed by atoms with Crippen LogP contribution < -0.4 is 10.2 Å². The number of benzene rings is 1. The van der Waals surface area contributed by atoms with Gasteiger partial charge in [0.15, 0.2) is 0 Å². The molecule has 2 heterocycles. The van der Waals surface area contributed by atoms with Gasteiger partial charge in [0, 0.05) is 25.9 Å². The van der Waals surface area contributed by atoms with Crippen molar-refractivity contribution in [1.29, 1.82) is 0 Å². The molecule has 2 aromatic heterocycles. The van der Waals surface area contributed by atoms with Gasteiger partial charge in [0.25, 0.3) is 0 Å². The molecule has 3 rings (SSSR count). The van der Waals surface area contributed by atoms with Crippen LogP contribution in [-0.4, -0.2) is 31.3 Å². The van der Waals surface area contributed by atoms with Gasteiger partial charge in [-0.1, -0.05) is 18.6 Å². The number of nitrogens with zero attached hydrogens (tertiary/aromatic N) is 4. The topological polar surface area (TPSA) is 82.2 Å². The van der Waals surface area contributed by atoms with Crippen LogP contribution in [0.15, 0.2) is 53.7 Å². The van der Waals surface area contributed by atoms with E-state index in [1.54, 1.807) is 21.8 Å². The molecule has 0 saturated heterocycles. The molecule has 0 aliphatic carbocycles. The third kappa shape index (κ3) is 5.27. The minimum Gasteiger partial charge on any atom is -0.487 e. The van der Waals surface area contributed by atoms with Gasteiger partial charge in [0.1, 0.15) is 23.7 Å². The maximum Gasteiger partial charge on any atom is 0.206 e. The van der Waals surface area contributed by atoms with Gasteiger partial charge in [-0.15, -0.1) is 0 Å². The molecule has 0 aliphatic heterocycles. The molecule has 3 aromatic rings. The fourth-order valence-corrected chi connectivity index (χ4v) is 2.74. The first-order chi connectivity index (χ1) is 13.2. The maximum absolute atomic E-state index is 12.1. The van der Waals surface area contributed by atoms with Gasteiger partial charge in [-0.3, -0.25) is 9.48 Å². The summed E-state index contributed by atoms with van der Waals surface area (Å²) in [5, 5.41) is 17.3. The lowest BCUT2D eigenvalue weighted by atomic mass is 10.1. The van der Waals surface area contributed by atoms with Crippen LogP contribution in [0, 0.1) is 0 Å². The Bertz CT molecular complexity index is 915. The first-order valence-electron chi connectivity index (χ1n) is 9.06. The molecule has 0 radical (unpaired) electrons. The number of aryl methyl sites for hydroxylation is 2. The Morgan fingerprint density at radius 3 is 2.63 bits per heavy atom. The zero-order valence-electron chi connectivity index (χ0n) is 15.4. The normalized spacial score (nSPS) is 10.9. The second-order valence-corrected chi connectivity index (χ2v) is 6.41. The summed E-state index contributed by atoms with van der Waals surface area (Å²) in [7, 11) is 1.83. The lowest BCUT2D eigenvalue weighted by Gasteiger charge is -2.08. The summed E-state index contributed by atoms with van der Waals surface area (Å²) >= 11 is 0. The van der Waals surface area contributed by atoms with Crippen molar-refractivity contribution >= 4 is 0 Å². The smallest absolute Gasteiger partial charge is 0.206 e. The first-order valence-corrected chi connectivity index (χ1v) is 9.06. The van der Waals surface area contributed by atoms with Crippen molar-refractivity contribution < 1.29 is 9.84 Å². The predicted molar refractivity (Wildman–Crippen MR) is 102 cm³/mol. The predicted octanol–water partition coefficient (Wildman–Crippen LogP) is 2.25. The molecule has 0 bridgehead atoms. The average molecular weight is 368 g/mol. The van der Waals surface area contributed by atoms with Crippen LogP contribution >= 0.6 is 0 Å². The average Bonchev–Trinajstić information content (AvgIpc) is 3.12. The highest BCUT2D eigenvalue weighted by molar-refractivity contribution is 5.28. The third-order valence-electron chi connectivity index (χ3n) is 4.26. The van der Waals surface area contributed by atoms with Crippen molar-refractivity contribution in [2.75, 3.05) is 6.61 Å². The molecule has 0 unspecified atom stereocenters. The van der Waals surface area contributed by atoms with E-state index in [-0.39, 0.29) is 18.6 Å². The fourth-order valence-electron chi connectivity index (χ4n) is 2.74. The number of unbranched alkanes of at least 4 members (excludes halogenated alkanes) is 2. The molecule has 0 aliphatic rings. The Morgan fingerprint density at radius 1 is 1.11 bits per heavy atom. The van der Waals surface area contributed by atoms with Crippen molar-refractivity contribution in [3.8, 4) is 11.4 Å². The van der Waals surface area contributed by atoms with Gasteiger partial charge in [0.2, 0.25) is 5.43 Å². The van der Waals surface area contributed by atoms with Crippen LogP contribution in [0.2, 0.25) is 0 Å². The highest BCUT2D eigenvalue weighted by atomic mass is 16.5. The van der Waals surface area contributed by atoms with Crippen molar-refractivity contribution in [1.82, 2.24) is 19.6 Å². The van der Waals surface area contributed by atoms with Crippen molar-refractivity contribution in [2.45, 2.75) is 32.3 Å². The monoisotopic (exact) mass is 368 g/mol. The lowest BCUT2D eigenvalue weighted by Crippen LogP contribution is -2.17. The summed E-state index contributed by atoms with van der Waals surface area (Å²) in [5.74, 6) is 0.701. The van der Waals surface area contributed by atoms with Crippen LogP contribution in [0.5, 0.6) is 5.75 Å². The molecule has 0 fully saturated rings. The van der Waals surface area contributed by atoms with Crippen LogP contribution in [0.4, 0.5) is 0 Å². The Labute approximate surface area is 157 Å². The molecule has 0 atom stereocenters. The Hall–Kier alpha value is -2.93. The highest BCUT2D eigenvalue weighted by Crippen LogP contribution is 2.15. The van der Waals surface area contributed by atoms with Gasteiger partial charge in [0.05, 0.1) is 12.4 Å². The van der Waals surface area contributed by atoms with E-state index >= 15 is 0 Å². The summed E-state index contributed by atoms with van der Waals surface area (Å²) in [6.45, 7) is 0.360. The van der Waals surface area contributed by atoms with Crippen molar-refractivity contribution in [2.24, 2.45) is 7.05 Å². The van der Waals surface area contributed by atoms with E-state index in [2.05, 4.69) is 10.2 Å². The van der Waals surface area contributed by atoms with E-state index in [1.807, 2.05) is 37.5 Å². The molecule has 142 valence electrons. The number of hydrogen-bond acceptors (Lipinski definition) is 5. The number of rotatable bonds is 9. The molecular weight excluding hydrogens is 344 g/mol. The Kier molecular flexibility index (Phi) is 6.38. The minimum absolute atomic E-state index is 0.107. The maximum atomic E-state index is 12.1. The number of aliphatic hydroxyl groups excluding tert-OH is 1. The Morgan fingerprint density at radius 2 is 1.93 bits per heavy atom. The highest BCUT2D eigenvalue weighted by Gasteiger charge is 2.07. The number of ether oxygens (including phenoxy) is 1. The molecular formula is C20H24N4O3.